The van der Waals surface area contributed by atoms with Gasteiger partial charge in [-0.25, -0.2) is 4.90 Å². The maximum Gasteiger partial charge on any atom is 0.263 e. The number of ketones is 1. The van der Waals surface area contributed by atoms with E-state index in [2.05, 4.69) is 6.58 Å². The lowest BCUT2D eigenvalue weighted by atomic mass is 10.0. The highest BCUT2D eigenvalue weighted by Crippen LogP contribution is 2.26. The summed E-state index contributed by atoms with van der Waals surface area (Å²) in [4.78, 5) is 37.3. The first-order valence-electron chi connectivity index (χ1n) is 10.2. The van der Waals surface area contributed by atoms with Crippen LogP contribution in [-0.4, -0.2) is 33.8 Å². The molecule has 2 amide bonds. The summed E-state index contributed by atoms with van der Waals surface area (Å²) in [5.74, 6) is -0.658. The molecule has 1 N–H and O–H groups in total. The lowest BCUT2D eigenvalue weighted by Gasteiger charge is -2.21. The van der Waals surface area contributed by atoms with Gasteiger partial charge < -0.3 is 5.11 Å². The number of hydrogen-bond acceptors (Lipinski definition) is 4. The SMILES string of the molecule is C=C(C)C(=O)CCCCCCCCCC(O)N1C(=O)c2ccc(C)cc2C1=O. The van der Waals surface area contributed by atoms with E-state index in [1.165, 1.54) is 0 Å². The molecule has 1 aromatic carbocycles. The number of imide groups is 1. The van der Waals surface area contributed by atoms with Gasteiger partial charge in [0.15, 0.2) is 5.78 Å². The van der Waals surface area contributed by atoms with Gasteiger partial charge in [0.05, 0.1) is 11.1 Å². The van der Waals surface area contributed by atoms with Crippen LogP contribution in [0, 0.1) is 6.92 Å². The third kappa shape index (κ3) is 5.61. The fourth-order valence-corrected chi connectivity index (χ4v) is 3.48. The normalized spacial score (nSPS) is 14.3. The Labute approximate surface area is 167 Å². The quantitative estimate of drug-likeness (QED) is 0.325. The van der Waals surface area contributed by atoms with E-state index in [0.29, 0.717) is 29.5 Å². The number of nitrogens with zero attached hydrogens (tertiary/aromatic N) is 1. The number of fused-ring (bicyclic) bond motifs is 1. The second-order valence-electron chi connectivity index (χ2n) is 7.73. The molecule has 1 heterocycles. The Bertz CT molecular complexity index is 753. The first kappa shape index (κ1) is 22.0. The summed E-state index contributed by atoms with van der Waals surface area (Å²) in [5.41, 5.74) is 2.31. The number of benzene rings is 1. The van der Waals surface area contributed by atoms with E-state index in [0.717, 1.165) is 55.4 Å². The third-order valence-electron chi connectivity index (χ3n) is 5.21. The minimum Gasteiger partial charge on any atom is -0.373 e. The highest BCUT2D eigenvalue weighted by atomic mass is 16.3. The molecule has 1 aromatic rings. The van der Waals surface area contributed by atoms with Crippen molar-refractivity contribution in [2.45, 2.75) is 77.9 Å². The Kier molecular flexibility index (Phi) is 8.12. The van der Waals surface area contributed by atoms with E-state index < -0.39 is 18.0 Å². The average molecular weight is 386 g/mol. The number of Topliss-reactive ketones (excluding diaryl/α,β-unsaturated/α-hetero) is 1. The van der Waals surface area contributed by atoms with Crippen LogP contribution in [0.3, 0.4) is 0 Å². The molecule has 5 heteroatoms. The maximum absolute atomic E-state index is 12.4. The zero-order valence-electron chi connectivity index (χ0n) is 17.0. The van der Waals surface area contributed by atoms with Gasteiger partial charge in [-0.3, -0.25) is 14.4 Å². The van der Waals surface area contributed by atoms with Crippen molar-refractivity contribution in [3.8, 4) is 0 Å². The van der Waals surface area contributed by atoms with Crippen LogP contribution < -0.4 is 0 Å². The summed E-state index contributed by atoms with van der Waals surface area (Å²) in [6, 6.07) is 5.15. The van der Waals surface area contributed by atoms with Crippen LogP contribution in [0.5, 0.6) is 0 Å². The summed E-state index contributed by atoms with van der Waals surface area (Å²) in [7, 11) is 0. The summed E-state index contributed by atoms with van der Waals surface area (Å²) in [5, 5.41) is 10.3. The second-order valence-corrected chi connectivity index (χ2v) is 7.73. The Morgan fingerprint density at radius 2 is 1.57 bits per heavy atom. The van der Waals surface area contributed by atoms with Crippen LogP contribution in [0.1, 0.15) is 91.0 Å². The molecule has 28 heavy (non-hydrogen) atoms. The molecule has 1 unspecified atom stereocenters. The number of unbranched alkanes of at least 4 members (excludes halogenated alkanes) is 6. The molecule has 1 atom stereocenters. The molecule has 0 radical (unpaired) electrons. The monoisotopic (exact) mass is 385 g/mol. The molecule has 1 aliphatic heterocycles. The minimum atomic E-state index is -1.07. The highest BCUT2D eigenvalue weighted by molar-refractivity contribution is 6.21. The lowest BCUT2D eigenvalue weighted by Crippen LogP contribution is -2.39. The highest BCUT2D eigenvalue weighted by Gasteiger charge is 2.39. The molecule has 0 fully saturated rings. The molecule has 0 spiro atoms. The van der Waals surface area contributed by atoms with Crippen LogP contribution in [0.25, 0.3) is 0 Å². The molecule has 0 saturated carbocycles. The summed E-state index contributed by atoms with van der Waals surface area (Å²) in [6.07, 6.45) is 6.79. The van der Waals surface area contributed by atoms with Gasteiger partial charge in [-0.15, -0.1) is 0 Å². The smallest absolute Gasteiger partial charge is 0.263 e. The zero-order valence-corrected chi connectivity index (χ0v) is 17.0. The number of carbonyl (C=O) groups is 3. The number of hydrogen-bond donors (Lipinski definition) is 1. The van der Waals surface area contributed by atoms with Gasteiger partial charge in [-0.05, 0) is 50.8 Å². The van der Waals surface area contributed by atoms with E-state index >= 15 is 0 Å². The number of allylic oxidation sites excluding steroid dienone is 1. The van der Waals surface area contributed by atoms with Crippen molar-refractivity contribution in [1.82, 2.24) is 4.90 Å². The summed E-state index contributed by atoms with van der Waals surface area (Å²) in [6.45, 7) is 7.28. The van der Waals surface area contributed by atoms with Gasteiger partial charge in [-0.1, -0.05) is 50.3 Å². The van der Waals surface area contributed by atoms with Gasteiger partial charge in [0, 0.05) is 6.42 Å². The fraction of sp³-hybridized carbons (Fsp3) is 0.522. The predicted molar refractivity (Wildman–Crippen MR) is 109 cm³/mol. The summed E-state index contributed by atoms with van der Waals surface area (Å²) < 4.78 is 0. The van der Waals surface area contributed by atoms with E-state index in [4.69, 9.17) is 0 Å². The van der Waals surface area contributed by atoms with Crippen LogP contribution in [0.2, 0.25) is 0 Å². The molecule has 2 rings (SSSR count). The van der Waals surface area contributed by atoms with Crippen LogP contribution in [-0.2, 0) is 4.79 Å². The fourth-order valence-electron chi connectivity index (χ4n) is 3.48. The van der Waals surface area contributed by atoms with Crippen molar-refractivity contribution in [3.05, 3.63) is 47.0 Å². The van der Waals surface area contributed by atoms with Crippen molar-refractivity contribution in [2.24, 2.45) is 0 Å². The first-order valence-corrected chi connectivity index (χ1v) is 10.2. The molecular weight excluding hydrogens is 354 g/mol. The maximum atomic E-state index is 12.4. The standard InChI is InChI=1S/C23H31NO4/c1-16(2)20(25)11-9-7-5-4-6-8-10-12-21(26)24-22(27)18-14-13-17(3)15-19(18)23(24)28/h13-15,21,26H,1,4-12H2,2-3H3. The molecule has 0 aliphatic carbocycles. The largest absolute Gasteiger partial charge is 0.373 e. The number of carbonyl (C=O) groups excluding carboxylic acids is 3. The van der Waals surface area contributed by atoms with Gasteiger partial charge in [-0.2, -0.15) is 0 Å². The second kappa shape index (κ2) is 10.3. The van der Waals surface area contributed by atoms with E-state index in [1.54, 1.807) is 25.1 Å². The van der Waals surface area contributed by atoms with Gasteiger partial charge in [0.1, 0.15) is 6.23 Å². The van der Waals surface area contributed by atoms with Gasteiger partial charge in [0.25, 0.3) is 11.8 Å². The molecular formula is C23H31NO4. The number of rotatable bonds is 12. The topological polar surface area (TPSA) is 74.7 Å². The molecule has 1 aliphatic rings. The molecule has 0 saturated heterocycles. The van der Waals surface area contributed by atoms with Crippen molar-refractivity contribution in [1.29, 1.82) is 0 Å². The first-order chi connectivity index (χ1) is 13.3. The van der Waals surface area contributed by atoms with Crippen molar-refractivity contribution >= 4 is 17.6 Å². The number of aliphatic hydroxyl groups is 1. The summed E-state index contributed by atoms with van der Waals surface area (Å²) >= 11 is 0. The molecule has 152 valence electrons. The Morgan fingerprint density at radius 3 is 2.21 bits per heavy atom. The van der Waals surface area contributed by atoms with Crippen molar-refractivity contribution in [2.75, 3.05) is 0 Å². The Morgan fingerprint density at radius 1 is 1.00 bits per heavy atom. The zero-order chi connectivity index (χ0) is 20.7. The Balaban J connectivity index is 1.63. The van der Waals surface area contributed by atoms with Crippen LogP contribution in [0.15, 0.2) is 30.4 Å². The van der Waals surface area contributed by atoms with Gasteiger partial charge >= 0.3 is 0 Å². The van der Waals surface area contributed by atoms with E-state index in [9.17, 15) is 19.5 Å². The molecule has 5 nitrogen and oxygen atoms in total. The van der Waals surface area contributed by atoms with E-state index in [1.807, 2.05) is 6.92 Å². The van der Waals surface area contributed by atoms with Crippen molar-refractivity contribution < 1.29 is 19.5 Å². The number of amides is 2. The molecule has 0 aromatic heterocycles. The van der Waals surface area contributed by atoms with Crippen molar-refractivity contribution in [3.63, 3.8) is 0 Å². The van der Waals surface area contributed by atoms with E-state index in [-0.39, 0.29) is 5.78 Å². The minimum absolute atomic E-state index is 0.150. The third-order valence-corrected chi connectivity index (χ3v) is 5.21. The van der Waals surface area contributed by atoms with Gasteiger partial charge in [0.2, 0.25) is 0 Å². The van der Waals surface area contributed by atoms with Crippen LogP contribution >= 0.6 is 0 Å². The number of aliphatic hydroxyl groups excluding tert-OH is 1. The number of aryl methyl sites for hydroxylation is 1. The Hall–Kier alpha value is -2.27. The predicted octanol–water partition coefficient (Wildman–Crippen LogP) is 4.57. The molecule has 0 bridgehead atoms. The lowest BCUT2D eigenvalue weighted by molar-refractivity contribution is -0.115. The van der Waals surface area contributed by atoms with Crippen LogP contribution in [0.4, 0.5) is 0 Å². The average Bonchev–Trinajstić information content (AvgIpc) is 2.89.